The van der Waals surface area contributed by atoms with Gasteiger partial charge in [-0.3, -0.25) is 4.98 Å². The molecule has 0 saturated heterocycles. The van der Waals surface area contributed by atoms with E-state index >= 15 is 0 Å². The number of rotatable bonds is 5. The summed E-state index contributed by atoms with van der Waals surface area (Å²) in [5, 5.41) is 10.7. The number of hydrogen-bond donors (Lipinski definition) is 2. The van der Waals surface area contributed by atoms with Crippen LogP contribution < -0.4 is 0 Å². The van der Waals surface area contributed by atoms with Crippen LogP contribution in [0.5, 0.6) is 0 Å². The molecule has 0 aliphatic rings. The maximum Gasteiger partial charge on any atom is 0.417 e. The van der Waals surface area contributed by atoms with Gasteiger partial charge in [0.15, 0.2) is 11.2 Å². The number of aryl methyl sites for hydroxylation is 1. The first-order chi connectivity index (χ1) is 12.9. The zero-order valence-corrected chi connectivity index (χ0v) is 15.7. The van der Waals surface area contributed by atoms with Crippen molar-refractivity contribution in [2.75, 3.05) is 0 Å². The molecule has 0 amide bonds. The fourth-order valence-corrected chi connectivity index (χ4v) is 3.73. The number of alkyl halides is 3. The monoisotopic (exact) mass is 395 g/mol. The van der Waals surface area contributed by atoms with Crippen LogP contribution in [-0.2, 0) is 11.8 Å². The van der Waals surface area contributed by atoms with Gasteiger partial charge in [-0.1, -0.05) is 19.9 Å². The van der Waals surface area contributed by atoms with E-state index in [0.717, 1.165) is 0 Å². The van der Waals surface area contributed by atoms with Crippen LogP contribution in [0.15, 0.2) is 36.7 Å². The smallest absolute Gasteiger partial charge is 0.380 e. The highest BCUT2D eigenvalue weighted by atomic mass is 19.4. The molecule has 1 atom stereocenters. The van der Waals surface area contributed by atoms with Crippen LogP contribution in [-0.4, -0.2) is 31.8 Å². The summed E-state index contributed by atoms with van der Waals surface area (Å²) in [6, 6.07) is 5.45. The highest BCUT2D eigenvalue weighted by Crippen LogP contribution is 2.43. The predicted octanol–water partition coefficient (Wildman–Crippen LogP) is 4.61. The number of nitrogens with zero attached hydrogens (tertiary/aromatic N) is 2. The molecule has 0 aliphatic carbocycles. The van der Waals surface area contributed by atoms with Crippen molar-refractivity contribution in [1.82, 2.24) is 15.0 Å². The van der Waals surface area contributed by atoms with Crippen molar-refractivity contribution in [2.45, 2.75) is 50.8 Å². The van der Waals surface area contributed by atoms with Gasteiger partial charge in [0.2, 0.25) is 0 Å². The second kappa shape index (κ2) is 6.84. The van der Waals surface area contributed by atoms with Crippen molar-refractivity contribution in [3.8, 4) is 0 Å². The van der Waals surface area contributed by atoms with Gasteiger partial charge in [0, 0.05) is 24.5 Å². The lowest BCUT2D eigenvalue weighted by Crippen LogP contribution is -2.51. The Bertz CT molecular complexity index is 964. The van der Waals surface area contributed by atoms with Crippen LogP contribution in [0.25, 0.3) is 11.2 Å². The van der Waals surface area contributed by atoms with Crippen LogP contribution in [0.4, 0.5) is 17.6 Å². The zero-order chi connectivity index (χ0) is 20.7. The van der Waals surface area contributed by atoms with Gasteiger partial charge in [-0.25, -0.2) is 9.37 Å². The van der Waals surface area contributed by atoms with Gasteiger partial charge in [0.05, 0.1) is 0 Å². The Morgan fingerprint density at radius 2 is 1.75 bits per heavy atom. The van der Waals surface area contributed by atoms with E-state index in [2.05, 4.69) is 15.0 Å². The molecule has 0 fully saturated rings. The lowest BCUT2D eigenvalue weighted by Gasteiger charge is -2.38. The van der Waals surface area contributed by atoms with Crippen molar-refractivity contribution in [1.29, 1.82) is 0 Å². The Kier molecular flexibility index (Phi) is 4.95. The van der Waals surface area contributed by atoms with E-state index in [1.165, 1.54) is 36.7 Å². The number of halogens is 4. The van der Waals surface area contributed by atoms with Crippen LogP contribution in [0.3, 0.4) is 0 Å². The summed E-state index contributed by atoms with van der Waals surface area (Å²) in [6.45, 7) is 4.85. The Labute approximate surface area is 159 Å². The standard InChI is InChI=1S/C20H21F4N3O/c1-12-4-5-13(21)8-15(12)18(2,3)11-19(28,20(22,23)24)10-14-9-16-17(27-14)26-7-6-25-16/h4-9,28H,10-11H2,1-3H3,(H,26,27). The molecule has 1 unspecified atom stereocenters. The van der Waals surface area contributed by atoms with Crippen molar-refractivity contribution in [3.05, 3.63) is 59.3 Å². The van der Waals surface area contributed by atoms with Crippen LogP contribution in [0.2, 0.25) is 0 Å². The van der Waals surface area contributed by atoms with Crippen molar-refractivity contribution >= 4 is 11.2 Å². The minimum absolute atomic E-state index is 0.174. The van der Waals surface area contributed by atoms with E-state index in [1.807, 2.05) is 0 Å². The Balaban J connectivity index is 1.98. The van der Waals surface area contributed by atoms with E-state index in [0.29, 0.717) is 22.3 Å². The molecule has 2 heterocycles. The molecule has 0 radical (unpaired) electrons. The second-order valence-corrected chi connectivity index (χ2v) is 7.81. The van der Waals surface area contributed by atoms with Gasteiger partial charge < -0.3 is 10.1 Å². The number of H-pyrrole nitrogens is 1. The molecule has 0 spiro atoms. The predicted molar refractivity (Wildman–Crippen MR) is 97.4 cm³/mol. The van der Waals surface area contributed by atoms with Crippen LogP contribution >= 0.6 is 0 Å². The lowest BCUT2D eigenvalue weighted by atomic mass is 9.72. The normalized spacial score (nSPS) is 15.0. The molecule has 1 aromatic carbocycles. The molecule has 0 aliphatic heterocycles. The molecule has 2 N–H and O–H groups in total. The average Bonchev–Trinajstić information content (AvgIpc) is 2.97. The van der Waals surface area contributed by atoms with Gasteiger partial charge >= 0.3 is 6.18 Å². The average molecular weight is 395 g/mol. The minimum Gasteiger partial charge on any atom is -0.380 e. The first-order valence-corrected chi connectivity index (χ1v) is 8.76. The van der Waals surface area contributed by atoms with Crippen LogP contribution in [0.1, 0.15) is 37.1 Å². The molecule has 8 heteroatoms. The number of aromatic amines is 1. The fraction of sp³-hybridized carbons (Fsp3) is 0.400. The molecule has 3 rings (SSSR count). The topological polar surface area (TPSA) is 61.8 Å². The van der Waals surface area contributed by atoms with E-state index in [9.17, 15) is 22.7 Å². The third-order valence-electron chi connectivity index (χ3n) is 4.99. The van der Waals surface area contributed by atoms with Crippen molar-refractivity contribution < 1.29 is 22.7 Å². The maximum absolute atomic E-state index is 13.9. The largest absolute Gasteiger partial charge is 0.417 e. The summed E-state index contributed by atoms with van der Waals surface area (Å²) in [5.74, 6) is -0.531. The number of aliphatic hydroxyl groups is 1. The number of fused-ring (bicyclic) bond motifs is 1. The quantitative estimate of drug-likeness (QED) is 0.620. The molecule has 3 aromatic rings. The second-order valence-electron chi connectivity index (χ2n) is 7.81. The Morgan fingerprint density at radius 1 is 1.07 bits per heavy atom. The molecule has 4 nitrogen and oxygen atoms in total. The van der Waals surface area contributed by atoms with Gasteiger partial charge in [0.25, 0.3) is 0 Å². The third kappa shape index (κ3) is 3.87. The van der Waals surface area contributed by atoms with Crippen LogP contribution in [0, 0.1) is 12.7 Å². The van der Waals surface area contributed by atoms with Crippen molar-refractivity contribution in [3.63, 3.8) is 0 Å². The summed E-state index contributed by atoms with van der Waals surface area (Å²) in [4.78, 5) is 10.8. The molecular formula is C20H21F4N3O. The number of hydrogen-bond acceptors (Lipinski definition) is 3. The summed E-state index contributed by atoms with van der Waals surface area (Å²) in [6.07, 6.45) is -3.35. The summed E-state index contributed by atoms with van der Waals surface area (Å²) >= 11 is 0. The molecule has 0 bridgehead atoms. The number of benzene rings is 1. The fourth-order valence-electron chi connectivity index (χ4n) is 3.73. The molecule has 2 aromatic heterocycles. The summed E-state index contributed by atoms with van der Waals surface area (Å²) in [7, 11) is 0. The van der Waals surface area contributed by atoms with E-state index in [-0.39, 0.29) is 5.69 Å². The zero-order valence-electron chi connectivity index (χ0n) is 15.7. The van der Waals surface area contributed by atoms with E-state index < -0.39 is 35.9 Å². The summed E-state index contributed by atoms with van der Waals surface area (Å²) < 4.78 is 55.4. The SMILES string of the molecule is Cc1ccc(F)cc1C(C)(C)CC(O)(Cc1cc2nccnc2[nH]1)C(F)(F)F. The number of nitrogens with one attached hydrogen (secondary N) is 1. The molecule has 0 saturated carbocycles. The van der Waals surface area contributed by atoms with Gasteiger partial charge in [-0.15, -0.1) is 0 Å². The first-order valence-electron chi connectivity index (χ1n) is 8.76. The van der Waals surface area contributed by atoms with E-state index in [1.54, 1.807) is 20.8 Å². The third-order valence-corrected chi connectivity index (χ3v) is 4.99. The minimum atomic E-state index is -4.89. The van der Waals surface area contributed by atoms with Crippen molar-refractivity contribution in [2.24, 2.45) is 0 Å². The lowest BCUT2D eigenvalue weighted by molar-refractivity contribution is -0.266. The molecule has 150 valence electrons. The highest BCUT2D eigenvalue weighted by molar-refractivity contribution is 5.71. The van der Waals surface area contributed by atoms with Gasteiger partial charge in [-0.05, 0) is 48.1 Å². The molecule has 28 heavy (non-hydrogen) atoms. The highest BCUT2D eigenvalue weighted by Gasteiger charge is 2.56. The number of aromatic nitrogens is 3. The maximum atomic E-state index is 13.9. The Morgan fingerprint density at radius 3 is 2.39 bits per heavy atom. The van der Waals surface area contributed by atoms with E-state index in [4.69, 9.17) is 0 Å². The first kappa shape index (κ1) is 20.3. The van der Waals surface area contributed by atoms with Gasteiger partial charge in [0.1, 0.15) is 11.3 Å². The summed E-state index contributed by atoms with van der Waals surface area (Å²) in [5.41, 5.74) is -2.11. The Hall–Kier alpha value is -2.48. The molecular weight excluding hydrogens is 374 g/mol. The van der Waals surface area contributed by atoms with Gasteiger partial charge in [-0.2, -0.15) is 13.2 Å².